The van der Waals surface area contributed by atoms with E-state index in [1.807, 2.05) is 30.3 Å². The molecule has 0 bridgehead atoms. The van der Waals surface area contributed by atoms with Gasteiger partial charge in [-0.25, -0.2) is 9.59 Å². The maximum atomic E-state index is 12.4. The minimum absolute atomic E-state index is 0.0759. The van der Waals surface area contributed by atoms with Gasteiger partial charge in [0.2, 0.25) is 5.91 Å². The quantitative estimate of drug-likeness (QED) is 0.585. The van der Waals surface area contributed by atoms with Crippen LogP contribution in [0, 0.1) is 5.92 Å². The highest BCUT2D eigenvalue weighted by Crippen LogP contribution is 2.07. The molecule has 2 amide bonds. The van der Waals surface area contributed by atoms with Crippen LogP contribution in [0.1, 0.15) is 32.8 Å². The average molecular weight is 362 g/mol. The SMILES string of the molecule is C=C(C)C[C@H](NC(=O)[C@@H](NC(=O)OCc1ccccc1)C(C)C)C(=O)O. The number of hydrogen-bond donors (Lipinski definition) is 3. The maximum Gasteiger partial charge on any atom is 0.408 e. The van der Waals surface area contributed by atoms with Gasteiger partial charge in [-0.1, -0.05) is 49.8 Å². The summed E-state index contributed by atoms with van der Waals surface area (Å²) in [6.45, 7) is 8.91. The van der Waals surface area contributed by atoms with E-state index in [4.69, 9.17) is 4.74 Å². The number of rotatable bonds is 9. The first-order valence-corrected chi connectivity index (χ1v) is 8.35. The molecule has 1 aromatic carbocycles. The van der Waals surface area contributed by atoms with E-state index >= 15 is 0 Å². The molecule has 0 fully saturated rings. The Balaban J connectivity index is 2.65. The van der Waals surface area contributed by atoms with Crippen molar-refractivity contribution in [3.05, 3.63) is 48.0 Å². The number of carboxylic acid groups (broad SMARTS) is 1. The van der Waals surface area contributed by atoms with Crippen LogP contribution in [0.3, 0.4) is 0 Å². The van der Waals surface area contributed by atoms with Crippen LogP contribution in [0.4, 0.5) is 4.79 Å². The first-order valence-electron chi connectivity index (χ1n) is 8.35. The number of carbonyl (C=O) groups excluding carboxylic acids is 2. The van der Waals surface area contributed by atoms with E-state index in [1.54, 1.807) is 20.8 Å². The van der Waals surface area contributed by atoms with E-state index in [9.17, 15) is 19.5 Å². The van der Waals surface area contributed by atoms with E-state index in [2.05, 4.69) is 17.2 Å². The Morgan fingerprint density at radius 1 is 1.15 bits per heavy atom. The second-order valence-corrected chi connectivity index (χ2v) is 6.49. The van der Waals surface area contributed by atoms with Crippen molar-refractivity contribution in [1.29, 1.82) is 0 Å². The number of hydrogen-bond acceptors (Lipinski definition) is 4. The third kappa shape index (κ3) is 7.38. The summed E-state index contributed by atoms with van der Waals surface area (Å²) in [4.78, 5) is 35.7. The highest BCUT2D eigenvalue weighted by atomic mass is 16.5. The number of alkyl carbamates (subject to hydrolysis) is 1. The number of ether oxygens (including phenoxy) is 1. The van der Waals surface area contributed by atoms with Crippen LogP contribution in [0.5, 0.6) is 0 Å². The lowest BCUT2D eigenvalue weighted by molar-refractivity contribution is -0.142. The summed E-state index contributed by atoms with van der Waals surface area (Å²) < 4.78 is 5.12. The summed E-state index contributed by atoms with van der Waals surface area (Å²) in [5, 5.41) is 14.2. The molecular formula is C19H26N2O5. The van der Waals surface area contributed by atoms with Crippen molar-refractivity contribution in [1.82, 2.24) is 10.6 Å². The molecule has 0 radical (unpaired) electrons. The Bertz CT molecular complexity index is 643. The van der Waals surface area contributed by atoms with Crippen molar-refractivity contribution in [2.24, 2.45) is 5.92 Å². The highest BCUT2D eigenvalue weighted by molar-refractivity contribution is 5.89. The average Bonchev–Trinajstić information content (AvgIpc) is 2.57. The van der Waals surface area contributed by atoms with Crippen LogP contribution in [-0.4, -0.2) is 35.2 Å². The van der Waals surface area contributed by atoms with Gasteiger partial charge in [0.05, 0.1) is 0 Å². The molecule has 0 spiro atoms. The molecule has 0 aliphatic heterocycles. The standard InChI is InChI=1S/C19H26N2O5/c1-12(2)10-15(18(23)24)20-17(22)16(13(3)4)21-19(25)26-11-14-8-6-5-7-9-14/h5-9,13,15-16H,1,10-11H2,2-4H3,(H,20,22)(H,21,25)(H,23,24)/t15-,16-/m0/s1. The maximum absolute atomic E-state index is 12.4. The second kappa shape index (κ2) is 10.2. The molecule has 1 rings (SSSR count). The van der Waals surface area contributed by atoms with Crippen molar-refractivity contribution in [3.63, 3.8) is 0 Å². The number of benzene rings is 1. The van der Waals surface area contributed by atoms with Crippen molar-refractivity contribution in [3.8, 4) is 0 Å². The van der Waals surface area contributed by atoms with Crippen molar-refractivity contribution in [2.45, 2.75) is 45.9 Å². The Hall–Kier alpha value is -2.83. The summed E-state index contributed by atoms with van der Waals surface area (Å²) in [6.07, 6.45) is -0.626. The van der Waals surface area contributed by atoms with Gasteiger partial charge in [0, 0.05) is 0 Å². The Labute approximate surface area is 153 Å². The molecule has 3 N–H and O–H groups in total. The summed E-state index contributed by atoms with van der Waals surface area (Å²) in [5.74, 6) is -1.99. The summed E-state index contributed by atoms with van der Waals surface area (Å²) in [7, 11) is 0. The summed E-state index contributed by atoms with van der Waals surface area (Å²) >= 11 is 0. The fraction of sp³-hybridized carbons (Fsp3) is 0.421. The minimum Gasteiger partial charge on any atom is -0.480 e. The van der Waals surface area contributed by atoms with E-state index in [0.29, 0.717) is 5.57 Å². The van der Waals surface area contributed by atoms with E-state index in [-0.39, 0.29) is 18.9 Å². The minimum atomic E-state index is -1.16. The van der Waals surface area contributed by atoms with Gasteiger partial charge in [0.25, 0.3) is 0 Å². The third-order valence-corrected chi connectivity index (χ3v) is 3.60. The fourth-order valence-electron chi connectivity index (χ4n) is 2.24. The van der Waals surface area contributed by atoms with Crippen LogP contribution in [0.25, 0.3) is 0 Å². The van der Waals surface area contributed by atoms with Crippen LogP contribution in [0.2, 0.25) is 0 Å². The molecule has 0 unspecified atom stereocenters. The van der Waals surface area contributed by atoms with Gasteiger partial charge >= 0.3 is 12.1 Å². The predicted molar refractivity (Wildman–Crippen MR) is 97.4 cm³/mol. The van der Waals surface area contributed by atoms with Crippen LogP contribution >= 0.6 is 0 Å². The van der Waals surface area contributed by atoms with Crippen molar-refractivity contribution >= 4 is 18.0 Å². The van der Waals surface area contributed by atoms with Crippen molar-refractivity contribution in [2.75, 3.05) is 0 Å². The number of amides is 2. The van der Waals surface area contributed by atoms with Gasteiger partial charge in [-0.05, 0) is 24.8 Å². The monoisotopic (exact) mass is 362 g/mol. The molecule has 0 aromatic heterocycles. The highest BCUT2D eigenvalue weighted by Gasteiger charge is 2.29. The molecule has 0 saturated heterocycles. The van der Waals surface area contributed by atoms with E-state index in [1.165, 1.54) is 0 Å². The van der Waals surface area contributed by atoms with Crippen LogP contribution in [0.15, 0.2) is 42.5 Å². The summed E-state index contributed by atoms with van der Waals surface area (Å²) in [6, 6.07) is 7.13. The zero-order chi connectivity index (χ0) is 19.7. The molecular weight excluding hydrogens is 336 g/mol. The zero-order valence-electron chi connectivity index (χ0n) is 15.3. The smallest absolute Gasteiger partial charge is 0.408 e. The largest absolute Gasteiger partial charge is 0.480 e. The van der Waals surface area contributed by atoms with Crippen molar-refractivity contribution < 1.29 is 24.2 Å². The fourth-order valence-corrected chi connectivity index (χ4v) is 2.24. The van der Waals surface area contributed by atoms with Gasteiger partial charge in [-0.15, -0.1) is 6.58 Å². The third-order valence-electron chi connectivity index (χ3n) is 3.60. The first-order chi connectivity index (χ1) is 12.2. The number of carbonyl (C=O) groups is 3. The lowest BCUT2D eigenvalue weighted by atomic mass is 10.0. The van der Waals surface area contributed by atoms with Gasteiger partial charge in [-0.2, -0.15) is 0 Å². The summed E-state index contributed by atoms with van der Waals surface area (Å²) in [5.41, 5.74) is 1.45. The van der Waals surface area contributed by atoms with Gasteiger partial charge in [0.15, 0.2) is 0 Å². The Morgan fingerprint density at radius 3 is 2.27 bits per heavy atom. The Morgan fingerprint density at radius 2 is 1.77 bits per heavy atom. The molecule has 0 heterocycles. The number of aliphatic carboxylic acids is 1. The first kappa shape index (κ1) is 21.2. The normalized spacial score (nSPS) is 12.8. The lowest BCUT2D eigenvalue weighted by Crippen LogP contribution is -2.53. The molecule has 142 valence electrons. The molecule has 1 aromatic rings. The zero-order valence-corrected chi connectivity index (χ0v) is 15.3. The molecule has 2 atom stereocenters. The predicted octanol–water partition coefficient (Wildman–Crippen LogP) is 2.47. The van der Waals surface area contributed by atoms with Gasteiger partial charge < -0.3 is 20.5 Å². The van der Waals surface area contributed by atoms with Gasteiger partial charge in [-0.3, -0.25) is 4.79 Å². The second-order valence-electron chi connectivity index (χ2n) is 6.49. The molecule has 26 heavy (non-hydrogen) atoms. The van der Waals surface area contributed by atoms with E-state index in [0.717, 1.165) is 5.56 Å². The molecule has 7 nitrogen and oxygen atoms in total. The number of carboxylic acids is 1. The van der Waals surface area contributed by atoms with E-state index < -0.39 is 30.1 Å². The molecule has 7 heteroatoms. The Kier molecular flexibility index (Phi) is 8.34. The molecule has 0 saturated carbocycles. The molecule has 0 aliphatic rings. The van der Waals surface area contributed by atoms with Gasteiger partial charge in [0.1, 0.15) is 18.7 Å². The molecule has 0 aliphatic carbocycles. The van der Waals surface area contributed by atoms with Crippen LogP contribution in [-0.2, 0) is 20.9 Å². The topological polar surface area (TPSA) is 105 Å². The van der Waals surface area contributed by atoms with Crippen LogP contribution < -0.4 is 10.6 Å². The number of nitrogens with one attached hydrogen (secondary N) is 2. The lowest BCUT2D eigenvalue weighted by Gasteiger charge is -2.23.